The van der Waals surface area contributed by atoms with E-state index in [1.165, 1.54) is 13.1 Å². The van der Waals surface area contributed by atoms with Crippen LogP contribution in [-0.2, 0) is 4.79 Å². The van der Waals surface area contributed by atoms with Gasteiger partial charge in [-0.3, -0.25) is 4.79 Å². The Morgan fingerprint density at radius 3 is 2.41 bits per heavy atom. The van der Waals surface area contributed by atoms with Crippen molar-refractivity contribution in [3.05, 3.63) is 35.7 Å². The van der Waals surface area contributed by atoms with Crippen LogP contribution in [-0.4, -0.2) is 12.1 Å². The van der Waals surface area contributed by atoms with E-state index >= 15 is 0 Å². The molecule has 1 rings (SSSR count). The summed E-state index contributed by atoms with van der Waals surface area (Å²) in [4.78, 5) is 10.9. The predicted octanol–water partition coefficient (Wildman–Crippen LogP) is 1.90. The van der Waals surface area contributed by atoms with Gasteiger partial charge in [-0.15, -0.1) is 0 Å². The number of carbonyl (C=O) groups excluding carboxylic acids is 1. The Kier molecular flexibility index (Phi) is 4.28. The van der Waals surface area contributed by atoms with Crippen LogP contribution in [0.15, 0.2) is 35.7 Å². The fraction of sp³-hybridized carbons (Fsp3) is 0.167. The maximum absolute atomic E-state index is 10.9. The molecular weight excluding hydrogens is 216 g/mol. The van der Waals surface area contributed by atoms with Gasteiger partial charge >= 0.3 is 0 Å². The second-order valence-corrected chi connectivity index (χ2v) is 3.63. The van der Waals surface area contributed by atoms with Crippen molar-refractivity contribution in [2.45, 2.75) is 13.8 Å². The number of hydrogen-bond donors (Lipinski definition) is 4. The van der Waals surface area contributed by atoms with Gasteiger partial charge in [0.25, 0.3) is 0 Å². The van der Waals surface area contributed by atoms with Crippen molar-refractivity contribution >= 4 is 23.5 Å². The van der Waals surface area contributed by atoms with Crippen LogP contribution in [0.25, 0.3) is 0 Å². The van der Waals surface area contributed by atoms with Crippen molar-refractivity contribution in [1.82, 2.24) is 0 Å². The van der Waals surface area contributed by atoms with Crippen molar-refractivity contribution in [1.29, 1.82) is 5.41 Å². The molecule has 1 aromatic carbocycles. The maximum Gasteiger partial charge on any atom is 0.221 e. The molecule has 0 fully saturated rings. The molecule has 0 radical (unpaired) electrons. The minimum Gasteiger partial charge on any atom is -0.385 e. The zero-order chi connectivity index (χ0) is 12.8. The number of allylic oxidation sites excluding steroid dienone is 1. The maximum atomic E-state index is 10.9. The fourth-order valence-electron chi connectivity index (χ4n) is 1.21. The molecule has 0 aliphatic heterocycles. The van der Waals surface area contributed by atoms with Crippen molar-refractivity contribution in [3.8, 4) is 0 Å². The van der Waals surface area contributed by atoms with Gasteiger partial charge in [0.2, 0.25) is 5.91 Å². The molecule has 17 heavy (non-hydrogen) atoms. The normalized spacial score (nSPS) is 11.4. The number of benzene rings is 1. The molecular formula is C12H16N4O. The third kappa shape index (κ3) is 3.98. The molecule has 1 amide bonds. The standard InChI is InChI=1S/C12H16N4O/c1-8(7-13)12(14)16-11-5-3-4-10(6-11)15-9(2)17/h3-7,13,16H,14H2,1-2H3,(H,15,17)/b12-8+,13-7?. The van der Waals surface area contributed by atoms with E-state index in [-0.39, 0.29) is 5.91 Å². The summed E-state index contributed by atoms with van der Waals surface area (Å²) >= 11 is 0. The summed E-state index contributed by atoms with van der Waals surface area (Å²) in [6.45, 7) is 3.20. The van der Waals surface area contributed by atoms with Crippen molar-refractivity contribution < 1.29 is 4.79 Å². The first-order valence-corrected chi connectivity index (χ1v) is 5.14. The van der Waals surface area contributed by atoms with Crippen molar-refractivity contribution in [2.75, 3.05) is 10.6 Å². The van der Waals surface area contributed by atoms with E-state index in [2.05, 4.69) is 10.6 Å². The summed E-state index contributed by atoms with van der Waals surface area (Å²) in [6.07, 6.45) is 1.18. The fourth-order valence-corrected chi connectivity index (χ4v) is 1.21. The van der Waals surface area contributed by atoms with E-state index in [9.17, 15) is 4.79 Å². The lowest BCUT2D eigenvalue weighted by atomic mass is 10.2. The van der Waals surface area contributed by atoms with Crippen LogP contribution in [0, 0.1) is 5.41 Å². The van der Waals surface area contributed by atoms with E-state index in [0.29, 0.717) is 17.1 Å². The quantitative estimate of drug-likeness (QED) is 0.597. The Balaban J connectivity index is 2.86. The summed E-state index contributed by atoms with van der Waals surface area (Å²) in [5.74, 6) is 0.293. The summed E-state index contributed by atoms with van der Waals surface area (Å²) in [5.41, 5.74) is 7.85. The Hall–Kier alpha value is -2.30. The second-order valence-electron chi connectivity index (χ2n) is 3.63. The highest BCUT2D eigenvalue weighted by Gasteiger charge is 1.99. The second kappa shape index (κ2) is 5.69. The largest absolute Gasteiger partial charge is 0.385 e. The number of nitrogens with one attached hydrogen (secondary N) is 3. The molecule has 5 N–H and O–H groups in total. The number of nitrogens with two attached hydrogens (primary N) is 1. The molecule has 0 spiro atoms. The molecule has 1 aromatic rings. The molecule has 0 heterocycles. The Morgan fingerprint density at radius 1 is 1.29 bits per heavy atom. The smallest absolute Gasteiger partial charge is 0.221 e. The summed E-state index contributed by atoms with van der Waals surface area (Å²) in [6, 6.07) is 7.19. The highest BCUT2D eigenvalue weighted by atomic mass is 16.1. The third-order valence-electron chi connectivity index (χ3n) is 2.10. The molecule has 5 nitrogen and oxygen atoms in total. The molecule has 0 bridgehead atoms. The molecule has 5 heteroatoms. The van der Waals surface area contributed by atoms with Crippen molar-refractivity contribution in [2.24, 2.45) is 5.73 Å². The van der Waals surface area contributed by atoms with Crippen LogP contribution in [0.5, 0.6) is 0 Å². The van der Waals surface area contributed by atoms with Gasteiger partial charge in [-0.25, -0.2) is 0 Å². The Bertz CT molecular complexity index is 465. The van der Waals surface area contributed by atoms with E-state index in [1.54, 1.807) is 25.1 Å². The van der Waals surface area contributed by atoms with E-state index in [1.807, 2.05) is 6.07 Å². The zero-order valence-electron chi connectivity index (χ0n) is 9.87. The topological polar surface area (TPSA) is 91.0 Å². The SMILES string of the molecule is CC(=O)Nc1cccc(N/C(N)=C(\C)C=N)c1. The third-order valence-corrected chi connectivity index (χ3v) is 2.10. The van der Waals surface area contributed by atoms with E-state index in [4.69, 9.17) is 11.1 Å². The molecule has 0 aromatic heterocycles. The number of amides is 1. The van der Waals surface area contributed by atoms with E-state index in [0.717, 1.165) is 5.69 Å². The first kappa shape index (κ1) is 12.8. The minimum absolute atomic E-state index is 0.124. The lowest BCUT2D eigenvalue weighted by Crippen LogP contribution is -2.12. The first-order chi connectivity index (χ1) is 8.02. The van der Waals surface area contributed by atoms with Crippen LogP contribution in [0.3, 0.4) is 0 Å². The molecule has 0 atom stereocenters. The molecule has 0 unspecified atom stereocenters. The zero-order valence-corrected chi connectivity index (χ0v) is 9.87. The predicted molar refractivity (Wildman–Crippen MR) is 70.0 cm³/mol. The average molecular weight is 232 g/mol. The summed E-state index contributed by atoms with van der Waals surface area (Å²) in [7, 11) is 0. The lowest BCUT2D eigenvalue weighted by Gasteiger charge is -2.10. The van der Waals surface area contributed by atoms with Gasteiger partial charge in [-0.2, -0.15) is 0 Å². The minimum atomic E-state index is -0.124. The number of anilines is 2. The molecule has 90 valence electrons. The first-order valence-electron chi connectivity index (χ1n) is 5.14. The van der Waals surface area contributed by atoms with E-state index < -0.39 is 0 Å². The van der Waals surface area contributed by atoms with Gasteiger partial charge in [0.1, 0.15) is 5.82 Å². The van der Waals surface area contributed by atoms with Gasteiger partial charge in [0, 0.05) is 30.1 Å². The summed E-state index contributed by atoms with van der Waals surface area (Å²) < 4.78 is 0. The van der Waals surface area contributed by atoms with Crippen LogP contribution >= 0.6 is 0 Å². The van der Waals surface area contributed by atoms with Gasteiger partial charge < -0.3 is 21.8 Å². The number of rotatable bonds is 4. The molecule has 0 aliphatic carbocycles. The molecule has 0 aliphatic rings. The van der Waals surface area contributed by atoms with Crippen molar-refractivity contribution in [3.63, 3.8) is 0 Å². The highest BCUT2D eigenvalue weighted by Crippen LogP contribution is 2.16. The van der Waals surface area contributed by atoms with Crippen LogP contribution in [0.2, 0.25) is 0 Å². The van der Waals surface area contributed by atoms with Gasteiger partial charge in [0.05, 0.1) is 0 Å². The monoisotopic (exact) mass is 232 g/mol. The number of carbonyl (C=O) groups is 1. The highest BCUT2D eigenvalue weighted by molar-refractivity contribution is 5.89. The van der Waals surface area contributed by atoms with Gasteiger partial charge in [-0.05, 0) is 25.1 Å². The molecule has 0 saturated heterocycles. The van der Waals surface area contributed by atoms with Crippen LogP contribution in [0.1, 0.15) is 13.8 Å². The Morgan fingerprint density at radius 2 is 1.88 bits per heavy atom. The lowest BCUT2D eigenvalue weighted by molar-refractivity contribution is -0.114. The van der Waals surface area contributed by atoms with Gasteiger partial charge in [0.15, 0.2) is 0 Å². The summed E-state index contributed by atoms with van der Waals surface area (Å²) in [5, 5.41) is 12.7. The van der Waals surface area contributed by atoms with Crippen LogP contribution < -0.4 is 16.4 Å². The molecule has 0 saturated carbocycles. The van der Waals surface area contributed by atoms with Crippen LogP contribution in [0.4, 0.5) is 11.4 Å². The Labute approximate surface area is 100 Å². The number of hydrogen-bond acceptors (Lipinski definition) is 4. The average Bonchev–Trinajstić information content (AvgIpc) is 2.27. The van der Waals surface area contributed by atoms with Gasteiger partial charge in [-0.1, -0.05) is 6.07 Å².